The number of nitrogens with zero attached hydrogens (tertiary/aromatic N) is 2. The number of sulfonamides is 1. The Balaban J connectivity index is 1.89. The molecule has 0 radical (unpaired) electrons. The number of hydrogen-bond acceptors (Lipinski definition) is 4. The lowest BCUT2D eigenvalue weighted by Crippen LogP contribution is -2.52. The Morgan fingerprint density at radius 2 is 1.63 bits per heavy atom. The first-order chi connectivity index (χ1) is 19.5. The molecule has 1 N–H and O–H groups in total. The molecule has 7 nitrogen and oxygen atoms in total. The molecule has 0 aliphatic carbocycles. The fraction of sp³-hybridized carbons (Fsp3) is 0.375. The molecular weight excluding hydrogens is 602 g/mol. The first-order valence-corrected chi connectivity index (χ1v) is 16.5. The first kappa shape index (κ1) is 32.3. The van der Waals surface area contributed by atoms with E-state index >= 15 is 0 Å². The molecule has 0 saturated heterocycles. The highest BCUT2D eigenvalue weighted by Crippen LogP contribution is 2.22. The Bertz CT molecular complexity index is 1420. The van der Waals surface area contributed by atoms with Crippen LogP contribution in [0.5, 0.6) is 0 Å². The predicted octanol–water partition coefficient (Wildman–Crippen LogP) is 5.86. The van der Waals surface area contributed by atoms with Crippen molar-refractivity contribution >= 4 is 43.5 Å². The van der Waals surface area contributed by atoms with Crippen LogP contribution in [0, 0.1) is 6.92 Å². The van der Waals surface area contributed by atoms with Crippen LogP contribution >= 0.6 is 15.9 Å². The lowest BCUT2D eigenvalue weighted by Gasteiger charge is -2.33. The quantitative estimate of drug-likeness (QED) is 0.239. The van der Waals surface area contributed by atoms with Crippen molar-refractivity contribution in [2.75, 3.05) is 17.1 Å². The highest BCUT2D eigenvalue weighted by Gasteiger charge is 2.31. The van der Waals surface area contributed by atoms with Crippen molar-refractivity contribution in [3.05, 3.63) is 100 Å². The summed E-state index contributed by atoms with van der Waals surface area (Å²) in [4.78, 5) is 29.2. The molecule has 0 unspecified atom stereocenters. The minimum absolute atomic E-state index is 0.0405. The van der Waals surface area contributed by atoms with Gasteiger partial charge < -0.3 is 10.2 Å². The molecule has 2 atom stereocenters. The second-order valence-corrected chi connectivity index (χ2v) is 13.3. The van der Waals surface area contributed by atoms with Crippen molar-refractivity contribution in [1.29, 1.82) is 0 Å². The zero-order valence-electron chi connectivity index (χ0n) is 24.2. The number of hydrogen-bond donors (Lipinski definition) is 1. The molecular formula is C32H40BrN3O4S. The molecule has 0 heterocycles. The van der Waals surface area contributed by atoms with Crippen LogP contribution in [0.3, 0.4) is 0 Å². The van der Waals surface area contributed by atoms with Crippen molar-refractivity contribution in [3.8, 4) is 0 Å². The van der Waals surface area contributed by atoms with Gasteiger partial charge in [-0.2, -0.15) is 0 Å². The molecule has 0 saturated carbocycles. The Morgan fingerprint density at radius 1 is 0.951 bits per heavy atom. The van der Waals surface area contributed by atoms with Gasteiger partial charge in [0, 0.05) is 36.4 Å². The van der Waals surface area contributed by atoms with Crippen LogP contribution in [0.25, 0.3) is 0 Å². The minimum Gasteiger partial charge on any atom is -0.352 e. The van der Waals surface area contributed by atoms with Gasteiger partial charge in [0.05, 0.1) is 11.9 Å². The maximum Gasteiger partial charge on any atom is 0.243 e. The highest BCUT2D eigenvalue weighted by atomic mass is 79.9. The van der Waals surface area contributed by atoms with E-state index in [2.05, 4.69) is 21.2 Å². The van der Waals surface area contributed by atoms with Gasteiger partial charge in [-0.25, -0.2) is 8.42 Å². The van der Waals surface area contributed by atoms with E-state index in [1.54, 1.807) is 11.0 Å². The molecule has 0 aromatic heterocycles. The van der Waals surface area contributed by atoms with Crippen LogP contribution in [0.4, 0.5) is 5.69 Å². The number of halogens is 1. The number of carbonyl (C=O) groups excluding carboxylic acids is 2. The van der Waals surface area contributed by atoms with Crippen LogP contribution in [0.15, 0.2) is 83.3 Å². The van der Waals surface area contributed by atoms with Gasteiger partial charge in [-0.3, -0.25) is 13.9 Å². The number of benzene rings is 3. The number of anilines is 1. The van der Waals surface area contributed by atoms with Gasteiger partial charge in [0.15, 0.2) is 0 Å². The molecule has 0 spiro atoms. The Kier molecular flexibility index (Phi) is 12.0. The summed E-state index contributed by atoms with van der Waals surface area (Å²) in [6.45, 7) is 6.26. The molecule has 0 aliphatic rings. The lowest BCUT2D eigenvalue weighted by molar-refractivity contribution is -0.141. The van der Waals surface area contributed by atoms with Crippen molar-refractivity contribution in [2.24, 2.45) is 0 Å². The molecule has 3 rings (SSSR count). The van der Waals surface area contributed by atoms with Gasteiger partial charge in [0.2, 0.25) is 21.8 Å². The van der Waals surface area contributed by atoms with E-state index < -0.39 is 16.1 Å². The SMILES string of the molecule is CC[C@H](C)NC(=O)[C@@H](Cc1ccccc1)N(Cc1cccc(Br)c1)C(=O)CCCN(c1cccc(C)c1)S(C)(=O)=O. The highest BCUT2D eigenvalue weighted by molar-refractivity contribution is 9.10. The molecule has 3 aromatic rings. The zero-order valence-corrected chi connectivity index (χ0v) is 26.6. The van der Waals surface area contributed by atoms with E-state index in [1.807, 2.05) is 93.6 Å². The monoisotopic (exact) mass is 641 g/mol. The second-order valence-electron chi connectivity index (χ2n) is 10.5. The molecule has 9 heteroatoms. The summed E-state index contributed by atoms with van der Waals surface area (Å²) in [5.74, 6) is -0.410. The van der Waals surface area contributed by atoms with Crippen molar-refractivity contribution in [1.82, 2.24) is 10.2 Å². The normalized spacial score (nSPS) is 12.8. The van der Waals surface area contributed by atoms with Gasteiger partial charge in [-0.05, 0) is 67.6 Å². The van der Waals surface area contributed by atoms with E-state index in [1.165, 1.54) is 10.6 Å². The first-order valence-electron chi connectivity index (χ1n) is 13.9. The van der Waals surface area contributed by atoms with Gasteiger partial charge >= 0.3 is 0 Å². The van der Waals surface area contributed by atoms with E-state index in [0.717, 1.165) is 27.6 Å². The summed E-state index contributed by atoms with van der Waals surface area (Å²) in [6.07, 6.45) is 2.70. The molecule has 2 amide bonds. The number of carbonyl (C=O) groups is 2. The largest absolute Gasteiger partial charge is 0.352 e. The van der Waals surface area contributed by atoms with Crippen molar-refractivity contribution < 1.29 is 18.0 Å². The summed E-state index contributed by atoms with van der Waals surface area (Å²) in [6, 6.07) is 23.9. The van der Waals surface area contributed by atoms with Crippen LogP contribution in [0.1, 0.15) is 49.8 Å². The molecule has 220 valence electrons. The average Bonchev–Trinajstić information content (AvgIpc) is 2.92. The Labute approximate surface area is 253 Å². The standard InChI is InChI=1S/C32H40BrN3O4S/c1-5-25(3)34-32(38)30(22-26-13-7-6-8-14-26)35(23-27-15-10-16-28(33)21-27)31(37)18-11-19-36(41(4,39)40)29-17-9-12-24(2)20-29/h6-10,12-17,20-21,25,30H,5,11,18-19,22-23H2,1-4H3,(H,34,38)/t25-,30+/m0/s1. The third kappa shape index (κ3) is 10.0. The third-order valence-electron chi connectivity index (χ3n) is 6.96. The Morgan fingerprint density at radius 3 is 2.27 bits per heavy atom. The van der Waals surface area contributed by atoms with Crippen LogP contribution in [-0.2, 0) is 32.6 Å². The van der Waals surface area contributed by atoms with E-state index in [-0.39, 0.29) is 37.4 Å². The predicted molar refractivity (Wildman–Crippen MR) is 169 cm³/mol. The number of amides is 2. The summed E-state index contributed by atoms with van der Waals surface area (Å²) < 4.78 is 27.5. The Hall–Kier alpha value is -3.17. The number of rotatable bonds is 14. The summed E-state index contributed by atoms with van der Waals surface area (Å²) in [5.41, 5.74) is 3.36. The topological polar surface area (TPSA) is 86.8 Å². The number of aryl methyl sites for hydroxylation is 1. The van der Waals surface area contributed by atoms with Crippen LogP contribution in [0.2, 0.25) is 0 Å². The molecule has 41 heavy (non-hydrogen) atoms. The number of nitrogens with one attached hydrogen (secondary N) is 1. The van der Waals surface area contributed by atoms with Crippen LogP contribution < -0.4 is 9.62 Å². The summed E-state index contributed by atoms with van der Waals surface area (Å²) in [7, 11) is -3.55. The van der Waals surface area contributed by atoms with Crippen molar-refractivity contribution in [3.63, 3.8) is 0 Å². The fourth-order valence-electron chi connectivity index (χ4n) is 4.61. The van der Waals surface area contributed by atoms with E-state index in [4.69, 9.17) is 0 Å². The van der Waals surface area contributed by atoms with Gasteiger partial charge in [0.25, 0.3) is 0 Å². The van der Waals surface area contributed by atoms with Crippen molar-refractivity contribution in [2.45, 2.75) is 65.1 Å². The molecule has 3 aromatic carbocycles. The fourth-order valence-corrected chi connectivity index (χ4v) is 6.02. The van der Waals surface area contributed by atoms with Gasteiger partial charge in [0.1, 0.15) is 6.04 Å². The maximum atomic E-state index is 13.9. The molecule has 0 fully saturated rings. The minimum atomic E-state index is -3.55. The zero-order chi connectivity index (χ0) is 30.0. The smallest absolute Gasteiger partial charge is 0.243 e. The second kappa shape index (κ2) is 15.2. The van der Waals surface area contributed by atoms with Gasteiger partial charge in [-0.15, -0.1) is 0 Å². The average molecular weight is 643 g/mol. The maximum absolute atomic E-state index is 13.9. The summed E-state index contributed by atoms with van der Waals surface area (Å²) in [5, 5.41) is 3.07. The van der Waals surface area contributed by atoms with Gasteiger partial charge in [-0.1, -0.05) is 77.5 Å². The third-order valence-corrected chi connectivity index (χ3v) is 8.64. The molecule has 0 aliphatic heterocycles. The lowest BCUT2D eigenvalue weighted by atomic mass is 10.0. The van der Waals surface area contributed by atoms with Crippen LogP contribution in [-0.4, -0.2) is 50.0 Å². The summed E-state index contributed by atoms with van der Waals surface area (Å²) >= 11 is 3.51. The molecule has 0 bridgehead atoms. The van der Waals surface area contributed by atoms with E-state index in [0.29, 0.717) is 18.5 Å². The van der Waals surface area contributed by atoms with E-state index in [9.17, 15) is 18.0 Å².